The van der Waals surface area contributed by atoms with Crippen LogP contribution in [0.4, 0.5) is 13.2 Å². The third-order valence-corrected chi connectivity index (χ3v) is 5.58. The number of carbonyl (C=O) groups excluding carboxylic acids is 2. The van der Waals surface area contributed by atoms with Crippen LogP contribution >= 0.6 is 11.8 Å². The molecule has 0 radical (unpaired) electrons. The number of nitrogens with zero attached hydrogens (tertiary/aromatic N) is 4. The SMILES string of the molecule is CSc1nn(Cc2cc(C(F)(F)F)ccc2C(=O)C(C#N)C(=O)C2CC2)c(=O)n1C. The van der Waals surface area contributed by atoms with Crippen LogP contribution in [-0.4, -0.2) is 32.2 Å². The molecule has 30 heavy (non-hydrogen) atoms. The lowest BCUT2D eigenvalue weighted by Crippen LogP contribution is -2.27. The van der Waals surface area contributed by atoms with E-state index in [4.69, 9.17) is 0 Å². The molecule has 1 aromatic heterocycles. The number of carbonyl (C=O) groups is 2. The van der Waals surface area contributed by atoms with Crippen LogP contribution < -0.4 is 5.69 Å². The Morgan fingerprint density at radius 3 is 2.53 bits per heavy atom. The van der Waals surface area contributed by atoms with Crippen molar-refractivity contribution in [2.24, 2.45) is 18.9 Å². The Bertz CT molecular complexity index is 1110. The fourth-order valence-corrected chi connectivity index (χ4v) is 3.59. The topological polar surface area (TPSA) is 97.8 Å². The van der Waals surface area contributed by atoms with Crippen LogP contribution in [0.1, 0.15) is 34.3 Å². The molecule has 1 unspecified atom stereocenters. The zero-order valence-corrected chi connectivity index (χ0v) is 16.9. The van der Waals surface area contributed by atoms with Gasteiger partial charge in [-0.25, -0.2) is 9.48 Å². The van der Waals surface area contributed by atoms with Crippen LogP contribution in [0, 0.1) is 23.2 Å². The first-order valence-corrected chi connectivity index (χ1v) is 10.2. The van der Waals surface area contributed by atoms with Crippen molar-refractivity contribution in [1.29, 1.82) is 5.26 Å². The highest BCUT2D eigenvalue weighted by atomic mass is 32.2. The van der Waals surface area contributed by atoms with E-state index in [1.807, 2.05) is 0 Å². The predicted molar refractivity (Wildman–Crippen MR) is 101 cm³/mol. The van der Waals surface area contributed by atoms with Crippen LogP contribution in [0.3, 0.4) is 0 Å². The van der Waals surface area contributed by atoms with Crippen molar-refractivity contribution in [3.05, 3.63) is 45.4 Å². The van der Waals surface area contributed by atoms with Gasteiger partial charge in [-0.15, -0.1) is 5.10 Å². The Hall–Kier alpha value is -2.87. The van der Waals surface area contributed by atoms with Crippen molar-refractivity contribution in [3.63, 3.8) is 0 Å². The van der Waals surface area contributed by atoms with Gasteiger partial charge in [0.05, 0.1) is 18.2 Å². The molecule has 0 bridgehead atoms. The van der Waals surface area contributed by atoms with E-state index in [1.54, 1.807) is 12.3 Å². The van der Waals surface area contributed by atoms with E-state index in [9.17, 15) is 32.8 Å². The maximum atomic E-state index is 13.2. The molecule has 1 fully saturated rings. The molecule has 1 saturated carbocycles. The highest BCUT2D eigenvalue weighted by Gasteiger charge is 2.40. The summed E-state index contributed by atoms with van der Waals surface area (Å²) in [4.78, 5) is 37.5. The Kier molecular flexibility index (Phi) is 5.90. The van der Waals surface area contributed by atoms with Crippen LogP contribution in [0.2, 0.25) is 0 Å². The molecule has 158 valence electrons. The second kappa shape index (κ2) is 8.10. The molecule has 0 saturated heterocycles. The van der Waals surface area contributed by atoms with E-state index in [0.717, 1.165) is 22.9 Å². The molecular formula is C19H17F3N4O3S. The Balaban J connectivity index is 2.07. The Morgan fingerprint density at radius 1 is 1.37 bits per heavy atom. The number of Topliss-reactive ketones (excluding diaryl/α,β-unsaturated/α-hetero) is 2. The van der Waals surface area contributed by atoms with Crippen LogP contribution in [0.15, 0.2) is 28.2 Å². The molecular weight excluding hydrogens is 421 g/mol. The minimum atomic E-state index is -4.67. The van der Waals surface area contributed by atoms with Crippen molar-refractivity contribution in [2.45, 2.75) is 30.7 Å². The molecule has 0 N–H and O–H groups in total. The number of ketones is 2. The first-order valence-electron chi connectivity index (χ1n) is 8.94. The molecule has 1 aliphatic carbocycles. The maximum Gasteiger partial charge on any atom is 0.416 e. The number of benzene rings is 1. The summed E-state index contributed by atoms with van der Waals surface area (Å²) in [7, 11) is 1.47. The van der Waals surface area contributed by atoms with Gasteiger partial charge in [0.15, 0.2) is 22.6 Å². The van der Waals surface area contributed by atoms with Gasteiger partial charge in [0.2, 0.25) is 0 Å². The average molecular weight is 438 g/mol. The summed E-state index contributed by atoms with van der Waals surface area (Å²) >= 11 is 1.18. The Labute approximate surface area is 173 Å². The van der Waals surface area contributed by atoms with Crippen molar-refractivity contribution in [3.8, 4) is 6.07 Å². The van der Waals surface area contributed by atoms with Gasteiger partial charge < -0.3 is 0 Å². The van der Waals surface area contributed by atoms with Gasteiger partial charge in [-0.2, -0.15) is 18.4 Å². The Morgan fingerprint density at radius 2 is 2.03 bits per heavy atom. The monoisotopic (exact) mass is 438 g/mol. The van der Waals surface area contributed by atoms with E-state index in [-0.39, 0.29) is 17.0 Å². The zero-order valence-electron chi connectivity index (χ0n) is 16.1. The second-order valence-corrected chi connectivity index (χ2v) is 7.73. The normalized spacial score (nSPS) is 14.9. The number of rotatable bonds is 7. The van der Waals surface area contributed by atoms with Gasteiger partial charge in [0, 0.05) is 18.5 Å². The molecule has 0 aliphatic heterocycles. The van der Waals surface area contributed by atoms with Gasteiger partial charge in [-0.05, 0) is 36.8 Å². The molecule has 1 aliphatic rings. The molecule has 3 rings (SSSR count). The first-order chi connectivity index (χ1) is 14.1. The number of thioether (sulfide) groups is 1. The van der Waals surface area contributed by atoms with E-state index >= 15 is 0 Å². The first kappa shape index (κ1) is 21.8. The molecule has 1 atom stereocenters. The van der Waals surface area contributed by atoms with E-state index in [0.29, 0.717) is 18.0 Å². The number of nitriles is 1. The number of halogens is 3. The predicted octanol–water partition coefficient (Wildman–Crippen LogP) is 2.67. The lowest BCUT2D eigenvalue weighted by Gasteiger charge is -2.14. The van der Waals surface area contributed by atoms with Gasteiger partial charge in [0.1, 0.15) is 0 Å². The fraction of sp³-hybridized carbons (Fsp3) is 0.421. The minimum Gasteiger partial charge on any atom is -0.297 e. The van der Waals surface area contributed by atoms with Crippen LogP contribution in [-0.2, 0) is 24.6 Å². The minimum absolute atomic E-state index is 0.133. The quantitative estimate of drug-likeness (QED) is 0.375. The average Bonchev–Trinajstić information content (AvgIpc) is 3.51. The van der Waals surface area contributed by atoms with Gasteiger partial charge in [-0.1, -0.05) is 17.8 Å². The van der Waals surface area contributed by atoms with Crippen molar-refractivity contribution in [1.82, 2.24) is 14.3 Å². The number of aromatic nitrogens is 3. The molecule has 11 heteroatoms. The van der Waals surface area contributed by atoms with Gasteiger partial charge >= 0.3 is 11.9 Å². The number of alkyl halides is 3. The molecule has 1 aromatic carbocycles. The summed E-state index contributed by atoms with van der Waals surface area (Å²) in [5, 5.41) is 13.7. The molecule has 2 aromatic rings. The van der Waals surface area contributed by atoms with Crippen molar-refractivity contribution in [2.75, 3.05) is 6.26 Å². The summed E-state index contributed by atoms with van der Waals surface area (Å²) in [6.45, 7) is -0.409. The van der Waals surface area contributed by atoms with E-state index in [1.165, 1.54) is 23.4 Å². The van der Waals surface area contributed by atoms with Gasteiger partial charge in [0.25, 0.3) is 0 Å². The number of hydrogen-bond acceptors (Lipinski definition) is 6. The summed E-state index contributed by atoms with van der Waals surface area (Å²) in [5.41, 5.74) is -1.91. The molecule has 1 heterocycles. The molecule has 0 amide bonds. The smallest absolute Gasteiger partial charge is 0.297 e. The highest BCUT2D eigenvalue weighted by molar-refractivity contribution is 7.98. The summed E-state index contributed by atoms with van der Waals surface area (Å²) in [6, 6.07) is 4.11. The maximum absolute atomic E-state index is 13.2. The standard InChI is InChI=1S/C19H17F3N4O3S/c1-25-17(30-2)24-26(18(25)29)9-11-7-12(19(20,21)22)5-6-13(11)16(28)14(8-23)15(27)10-3-4-10/h5-7,10,14H,3-4,9H2,1-2H3. The largest absolute Gasteiger partial charge is 0.416 e. The zero-order chi connectivity index (χ0) is 22.2. The number of hydrogen-bond donors (Lipinski definition) is 0. The highest BCUT2D eigenvalue weighted by Crippen LogP contribution is 2.35. The van der Waals surface area contributed by atoms with Gasteiger partial charge in [-0.3, -0.25) is 14.2 Å². The summed E-state index contributed by atoms with van der Waals surface area (Å²) in [5.74, 6) is -3.34. The summed E-state index contributed by atoms with van der Waals surface area (Å²) in [6.07, 6.45) is -1.81. The third kappa shape index (κ3) is 4.18. The van der Waals surface area contributed by atoms with Crippen LogP contribution in [0.25, 0.3) is 0 Å². The summed E-state index contributed by atoms with van der Waals surface area (Å²) < 4.78 is 41.9. The van der Waals surface area contributed by atoms with Crippen LogP contribution in [0.5, 0.6) is 0 Å². The lowest BCUT2D eigenvalue weighted by molar-refractivity contribution is -0.137. The fourth-order valence-electron chi connectivity index (χ4n) is 3.06. The molecule has 0 spiro atoms. The third-order valence-electron chi connectivity index (χ3n) is 4.86. The lowest BCUT2D eigenvalue weighted by atomic mass is 9.89. The van der Waals surface area contributed by atoms with Crippen molar-refractivity contribution < 1.29 is 22.8 Å². The van der Waals surface area contributed by atoms with E-state index in [2.05, 4.69) is 5.10 Å². The molecule has 7 nitrogen and oxygen atoms in total. The second-order valence-electron chi connectivity index (χ2n) is 6.96. The van der Waals surface area contributed by atoms with E-state index < -0.39 is 41.5 Å². The van der Waals surface area contributed by atoms with Crippen molar-refractivity contribution >= 4 is 23.3 Å².